The highest BCUT2D eigenvalue weighted by Gasteiger charge is 2.11. The average molecular weight is 297 g/mol. The Hall–Kier alpha value is -2.37. The molecule has 4 N–H and O–H groups in total. The number of benzene rings is 2. The van der Waals surface area contributed by atoms with E-state index in [0.29, 0.717) is 6.54 Å². The van der Waals surface area contributed by atoms with Crippen LogP contribution in [0.5, 0.6) is 0 Å². The van der Waals surface area contributed by atoms with Crippen molar-refractivity contribution in [3.63, 3.8) is 0 Å². The summed E-state index contributed by atoms with van der Waals surface area (Å²) in [4.78, 5) is 7.95. The van der Waals surface area contributed by atoms with Gasteiger partial charge < -0.3 is 20.5 Å². The molecule has 5 heteroatoms. The van der Waals surface area contributed by atoms with Crippen molar-refractivity contribution in [2.45, 2.75) is 13.0 Å². The van der Waals surface area contributed by atoms with Crippen molar-refractivity contribution in [2.24, 2.45) is 0 Å². The summed E-state index contributed by atoms with van der Waals surface area (Å²) in [5, 5.41) is 21.5. The standard InChI is InChI=1S/C17H19N3O2/c1-11-13(5-4-8-14(11)18-9-12(22)10-21)17-19-15-6-2-3-7-16(15)20-17/h2-8,12,18,21-22H,9-10H2,1H3,(H,19,20). The Morgan fingerprint density at radius 3 is 2.77 bits per heavy atom. The van der Waals surface area contributed by atoms with Crippen molar-refractivity contribution in [1.29, 1.82) is 0 Å². The van der Waals surface area contributed by atoms with Gasteiger partial charge in [0.05, 0.1) is 23.7 Å². The third kappa shape index (κ3) is 2.81. The number of aliphatic hydroxyl groups is 2. The van der Waals surface area contributed by atoms with Crippen molar-refractivity contribution >= 4 is 16.7 Å². The molecule has 0 radical (unpaired) electrons. The molecule has 0 saturated carbocycles. The minimum absolute atomic E-state index is 0.255. The van der Waals surface area contributed by atoms with Gasteiger partial charge in [-0.05, 0) is 30.7 Å². The number of nitrogens with one attached hydrogen (secondary N) is 2. The number of fused-ring (bicyclic) bond motifs is 1. The van der Waals surface area contributed by atoms with Crippen molar-refractivity contribution in [3.05, 3.63) is 48.0 Å². The van der Waals surface area contributed by atoms with Crippen molar-refractivity contribution < 1.29 is 10.2 Å². The van der Waals surface area contributed by atoms with Gasteiger partial charge in [0.2, 0.25) is 0 Å². The molecule has 1 unspecified atom stereocenters. The van der Waals surface area contributed by atoms with Gasteiger partial charge in [-0.1, -0.05) is 24.3 Å². The number of aromatic nitrogens is 2. The zero-order valence-corrected chi connectivity index (χ0v) is 12.4. The summed E-state index contributed by atoms with van der Waals surface area (Å²) < 4.78 is 0. The SMILES string of the molecule is Cc1c(NCC(O)CO)cccc1-c1nc2ccccc2[nH]1. The van der Waals surface area contributed by atoms with Crippen LogP contribution < -0.4 is 5.32 Å². The molecule has 0 amide bonds. The molecule has 0 saturated heterocycles. The van der Waals surface area contributed by atoms with E-state index in [0.717, 1.165) is 33.7 Å². The van der Waals surface area contributed by atoms with Crippen LogP contribution in [0.25, 0.3) is 22.4 Å². The maximum Gasteiger partial charge on any atom is 0.138 e. The van der Waals surface area contributed by atoms with E-state index in [-0.39, 0.29) is 6.61 Å². The van der Waals surface area contributed by atoms with E-state index >= 15 is 0 Å². The van der Waals surface area contributed by atoms with E-state index in [1.165, 1.54) is 0 Å². The smallest absolute Gasteiger partial charge is 0.138 e. The average Bonchev–Trinajstić information content (AvgIpc) is 2.97. The summed E-state index contributed by atoms with van der Waals surface area (Å²) >= 11 is 0. The van der Waals surface area contributed by atoms with Gasteiger partial charge in [0.1, 0.15) is 5.82 Å². The Morgan fingerprint density at radius 2 is 2.00 bits per heavy atom. The zero-order chi connectivity index (χ0) is 15.5. The Bertz CT molecular complexity index is 749. The van der Waals surface area contributed by atoms with Gasteiger partial charge in [-0.15, -0.1) is 0 Å². The number of hydrogen-bond donors (Lipinski definition) is 4. The van der Waals surface area contributed by atoms with Gasteiger partial charge in [-0.2, -0.15) is 0 Å². The molecule has 3 rings (SSSR count). The van der Waals surface area contributed by atoms with E-state index in [1.807, 2.05) is 49.4 Å². The zero-order valence-electron chi connectivity index (χ0n) is 12.4. The normalized spacial score (nSPS) is 12.5. The van der Waals surface area contributed by atoms with Crippen LogP contribution in [0.3, 0.4) is 0 Å². The summed E-state index contributed by atoms with van der Waals surface area (Å²) in [6.07, 6.45) is -0.769. The fourth-order valence-corrected chi connectivity index (χ4v) is 2.46. The number of rotatable bonds is 5. The van der Waals surface area contributed by atoms with Crippen LogP contribution in [0, 0.1) is 6.92 Å². The predicted molar refractivity (Wildman–Crippen MR) is 87.8 cm³/mol. The Balaban J connectivity index is 1.93. The largest absolute Gasteiger partial charge is 0.394 e. The number of aliphatic hydroxyl groups excluding tert-OH is 2. The molecule has 1 heterocycles. The lowest BCUT2D eigenvalue weighted by molar-refractivity contribution is 0.105. The molecule has 114 valence electrons. The van der Waals surface area contributed by atoms with Crippen LogP contribution in [0.2, 0.25) is 0 Å². The highest BCUT2D eigenvalue weighted by atomic mass is 16.3. The second kappa shape index (κ2) is 6.17. The molecule has 0 aliphatic heterocycles. The molecule has 22 heavy (non-hydrogen) atoms. The van der Waals surface area contributed by atoms with E-state index in [4.69, 9.17) is 5.11 Å². The van der Waals surface area contributed by atoms with Crippen LogP contribution in [-0.4, -0.2) is 39.4 Å². The maximum absolute atomic E-state index is 9.46. The second-order valence-electron chi connectivity index (χ2n) is 5.30. The molecular weight excluding hydrogens is 278 g/mol. The van der Waals surface area contributed by atoms with Gasteiger partial charge >= 0.3 is 0 Å². The molecule has 0 spiro atoms. The van der Waals surface area contributed by atoms with Crippen molar-refractivity contribution in [2.75, 3.05) is 18.5 Å². The fraction of sp³-hybridized carbons (Fsp3) is 0.235. The Kier molecular flexibility index (Phi) is 4.09. The first-order chi connectivity index (χ1) is 10.7. The third-order valence-corrected chi connectivity index (χ3v) is 3.72. The molecule has 0 aliphatic carbocycles. The van der Waals surface area contributed by atoms with Crippen LogP contribution in [0.4, 0.5) is 5.69 Å². The fourth-order valence-electron chi connectivity index (χ4n) is 2.46. The molecule has 0 bridgehead atoms. The van der Waals surface area contributed by atoms with Gasteiger partial charge in [0.25, 0.3) is 0 Å². The van der Waals surface area contributed by atoms with Crippen molar-refractivity contribution in [3.8, 4) is 11.4 Å². The van der Waals surface area contributed by atoms with E-state index < -0.39 is 6.10 Å². The lowest BCUT2D eigenvalue weighted by atomic mass is 10.1. The highest BCUT2D eigenvalue weighted by molar-refractivity contribution is 5.81. The summed E-state index contributed by atoms with van der Waals surface area (Å²) in [7, 11) is 0. The molecule has 0 fully saturated rings. The first kappa shape index (κ1) is 14.6. The molecule has 1 aromatic heterocycles. The van der Waals surface area contributed by atoms with E-state index in [1.54, 1.807) is 0 Å². The quantitative estimate of drug-likeness (QED) is 0.582. The number of anilines is 1. The minimum Gasteiger partial charge on any atom is -0.394 e. The van der Waals surface area contributed by atoms with Gasteiger partial charge in [-0.3, -0.25) is 0 Å². The molecular formula is C17H19N3O2. The number of aromatic amines is 1. The second-order valence-corrected chi connectivity index (χ2v) is 5.30. The molecule has 0 aliphatic rings. The van der Waals surface area contributed by atoms with E-state index in [2.05, 4.69) is 15.3 Å². The first-order valence-electron chi connectivity index (χ1n) is 7.26. The predicted octanol–water partition coefficient (Wildman–Crippen LogP) is 2.30. The van der Waals surface area contributed by atoms with E-state index in [9.17, 15) is 5.11 Å². The molecule has 1 atom stereocenters. The molecule has 3 aromatic rings. The van der Waals surface area contributed by atoms with Crippen LogP contribution in [-0.2, 0) is 0 Å². The monoisotopic (exact) mass is 297 g/mol. The van der Waals surface area contributed by atoms with Crippen molar-refractivity contribution in [1.82, 2.24) is 9.97 Å². The summed E-state index contributed by atoms with van der Waals surface area (Å²) in [6.45, 7) is 2.06. The maximum atomic E-state index is 9.46. The lowest BCUT2D eigenvalue weighted by Gasteiger charge is -2.14. The Morgan fingerprint density at radius 1 is 1.18 bits per heavy atom. The van der Waals surface area contributed by atoms with Gasteiger partial charge in [-0.25, -0.2) is 4.98 Å². The summed E-state index contributed by atoms with van der Waals surface area (Å²) in [5.41, 5.74) is 4.92. The van der Waals surface area contributed by atoms with Crippen LogP contribution in [0.1, 0.15) is 5.56 Å². The lowest BCUT2D eigenvalue weighted by Crippen LogP contribution is -2.23. The number of hydrogen-bond acceptors (Lipinski definition) is 4. The summed E-state index contributed by atoms with van der Waals surface area (Å²) in [6, 6.07) is 13.8. The first-order valence-corrected chi connectivity index (χ1v) is 7.26. The van der Waals surface area contributed by atoms with Gasteiger partial charge in [0, 0.05) is 17.8 Å². The third-order valence-electron chi connectivity index (χ3n) is 3.72. The minimum atomic E-state index is -0.769. The number of nitrogens with zero attached hydrogens (tertiary/aromatic N) is 1. The van der Waals surface area contributed by atoms with Gasteiger partial charge in [0.15, 0.2) is 0 Å². The number of H-pyrrole nitrogens is 1. The topological polar surface area (TPSA) is 81.2 Å². The molecule has 5 nitrogen and oxygen atoms in total. The van der Waals surface area contributed by atoms with Crippen LogP contribution >= 0.6 is 0 Å². The molecule has 2 aromatic carbocycles. The summed E-state index contributed by atoms with van der Waals surface area (Å²) in [5.74, 6) is 0.824. The Labute approximate surface area is 128 Å². The highest BCUT2D eigenvalue weighted by Crippen LogP contribution is 2.28. The van der Waals surface area contributed by atoms with Crippen LogP contribution in [0.15, 0.2) is 42.5 Å². The number of para-hydroxylation sites is 2. The number of imidazole rings is 1.